The number of alkyl halides is 3. The Morgan fingerprint density at radius 3 is 2.50 bits per heavy atom. The van der Waals surface area contributed by atoms with Gasteiger partial charge in [0.05, 0.1) is 16.8 Å². The molecule has 0 spiro atoms. The SMILES string of the molecule is O=C(CSc1nc(C(F)(F)F)nc2ccccc12)c1ccc(O)cc1O. The highest BCUT2D eigenvalue weighted by atomic mass is 32.2. The average Bonchev–Trinajstić information content (AvgIpc) is 2.58. The van der Waals surface area contributed by atoms with Crippen molar-refractivity contribution >= 4 is 28.4 Å². The third-order valence-corrected chi connectivity index (χ3v) is 4.43. The zero-order valence-electron chi connectivity index (χ0n) is 13.0. The molecule has 0 amide bonds. The molecule has 0 aliphatic carbocycles. The van der Waals surface area contributed by atoms with E-state index >= 15 is 0 Å². The molecule has 5 nitrogen and oxygen atoms in total. The maximum atomic E-state index is 13.0. The molecule has 0 aliphatic heterocycles. The molecule has 0 unspecified atom stereocenters. The van der Waals surface area contributed by atoms with E-state index in [1.807, 2.05) is 0 Å². The summed E-state index contributed by atoms with van der Waals surface area (Å²) in [5, 5.41) is 19.4. The number of aromatic hydroxyl groups is 2. The van der Waals surface area contributed by atoms with Gasteiger partial charge in [0.2, 0.25) is 5.82 Å². The highest BCUT2D eigenvalue weighted by Crippen LogP contribution is 2.33. The number of fused-ring (bicyclic) bond motifs is 1. The number of carbonyl (C=O) groups is 1. The van der Waals surface area contributed by atoms with E-state index in [-0.39, 0.29) is 27.6 Å². The van der Waals surface area contributed by atoms with E-state index < -0.39 is 23.5 Å². The quantitative estimate of drug-likeness (QED) is 0.404. The van der Waals surface area contributed by atoms with Gasteiger partial charge < -0.3 is 10.2 Å². The monoisotopic (exact) mass is 380 g/mol. The Hall–Kier alpha value is -2.81. The Bertz CT molecular complexity index is 993. The maximum absolute atomic E-state index is 13.0. The molecule has 3 rings (SSSR count). The van der Waals surface area contributed by atoms with Crippen molar-refractivity contribution in [2.45, 2.75) is 11.2 Å². The van der Waals surface area contributed by atoms with Crippen LogP contribution >= 0.6 is 11.8 Å². The van der Waals surface area contributed by atoms with Crippen molar-refractivity contribution in [2.75, 3.05) is 5.75 Å². The van der Waals surface area contributed by atoms with E-state index in [1.54, 1.807) is 18.2 Å². The standard InChI is InChI=1S/C17H11F3N2O3S/c18-17(19,20)16-21-12-4-2-1-3-10(12)15(22-16)26-8-14(25)11-6-5-9(23)7-13(11)24/h1-7,23-24H,8H2. The lowest BCUT2D eigenvalue weighted by atomic mass is 10.1. The summed E-state index contributed by atoms with van der Waals surface area (Å²) in [5.41, 5.74) is 0.0851. The van der Waals surface area contributed by atoms with Gasteiger partial charge in [0.1, 0.15) is 16.5 Å². The largest absolute Gasteiger partial charge is 0.508 e. The average molecular weight is 380 g/mol. The molecule has 0 saturated heterocycles. The first-order valence-corrected chi connectivity index (χ1v) is 8.26. The second-order valence-electron chi connectivity index (χ2n) is 5.28. The van der Waals surface area contributed by atoms with Gasteiger partial charge >= 0.3 is 6.18 Å². The number of aromatic nitrogens is 2. The topological polar surface area (TPSA) is 83.3 Å². The molecule has 134 valence electrons. The summed E-state index contributed by atoms with van der Waals surface area (Å²) in [6, 6.07) is 9.69. The fourth-order valence-corrected chi connectivity index (χ4v) is 3.15. The number of rotatable bonds is 4. The molecule has 2 N–H and O–H groups in total. The molecule has 1 aromatic heterocycles. The first-order valence-electron chi connectivity index (χ1n) is 7.27. The summed E-state index contributed by atoms with van der Waals surface area (Å²) in [7, 11) is 0. The first kappa shape index (κ1) is 18.0. The number of hydrogen-bond donors (Lipinski definition) is 2. The Morgan fingerprint density at radius 1 is 1.08 bits per heavy atom. The molecular weight excluding hydrogens is 369 g/mol. The van der Waals surface area contributed by atoms with E-state index in [9.17, 15) is 28.2 Å². The molecule has 9 heteroatoms. The Balaban J connectivity index is 1.91. The number of thioether (sulfide) groups is 1. The van der Waals surface area contributed by atoms with Gasteiger partial charge in [-0.3, -0.25) is 4.79 Å². The lowest BCUT2D eigenvalue weighted by Crippen LogP contribution is -2.12. The van der Waals surface area contributed by atoms with E-state index in [1.165, 1.54) is 18.2 Å². The normalized spacial score (nSPS) is 11.7. The summed E-state index contributed by atoms with van der Waals surface area (Å²) in [5.74, 6) is -2.64. The highest BCUT2D eigenvalue weighted by molar-refractivity contribution is 8.00. The highest BCUT2D eigenvalue weighted by Gasteiger charge is 2.35. The number of benzene rings is 2. The lowest BCUT2D eigenvalue weighted by Gasteiger charge is -2.10. The predicted octanol–water partition coefficient (Wildman–Crippen LogP) is 4.03. The summed E-state index contributed by atoms with van der Waals surface area (Å²) in [4.78, 5) is 19.3. The maximum Gasteiger partial charge on any atom is 0.451 e. The molecule has 0 aliphatic rings. The molecule has 26 heavy (non-hydrogen) atoms. The van der Waals surface area contributed by atoms with Gasteiger partial charge in [-0.25, -0.2) is 9.97 Å². The van der Waals surface area contributed by atoms with E-state index in [0.717, 1.165) is 17.8 Å². The molecule has 2 aromatic carbocycles. The van der Waals surface area contributed by atoms with E-state index in [0.29, 0.717) is 5.39 Å². The van der Waals surface area contributed by atoms with Crippen LogP contribution in [0.25, 0.3) is 10.9 Å². The van der Waals surface area contributed by atoms with E-state index in [2.05, 4.69) is 9.97 Å². The van der Waals surface area contributed by atoms with Crippen molar-refractivity contribution < 1.29 is 28.2 Å². The van der Waals surface area contributed by atoms with Gasteiger partial charge in [-0.2, -0.15) is 13.2 Å². The number of hydrogen-bond acceptors (Lipinski definition) is 6. The number of phenolic OH excluding ortho intramolecular Hbond substituents is 2. The zero-order chi connectivity index (χ0) is 18.9. The van der Waals surface area contributed by atoms with Crippen LogP contribution in [-0.4, -0.2) is 31.7 Å². The zero-order valence-corrected chi connectivity index (χ0v) is 13.8. The van der Waals surface area contributed by atoms with Gasteiger partial charge in [0.25, 0.3) is 0 Å². The second-order valence-corrected chi connectivity index (χ2v) is 6.24. The smallest absolute Gasteiger partial charge is 0.451 e. The minimum atomic E-state index is -4.71. The summed E-state index contributed by atoms with van der Waals surface area (Å²) in [6.07, 6.45) is -4.71. The molecular formula is C17H11F3N2O3S. The number of carbonyl (C=O) groups excluding carboxylic acids is 1. The molecule has 0 radical (unpaired) electrons. The molecule has 0 fully saturated rings. The fourth-order valence-electron chi connectivity index (χ4n) is 2.25. The summed E-state index contributed by atoms with van der Waals surface area (Å²) >= 11 is 0.822. The van der Waals surface area contributed by atoms with Crippen LogP contribution in [-0.2, 0) is 6.18 Å². The van der Waals surface area contributed by atoms with Crippen LogP contribution < -0.4 is 0 Å². The molecule has 0 saturated carbocycles. The lowest BCUT2D eigenvalue weighted by molar-refractivity contribution is -0.145. The summed E-state index contributed by atoms with van der Waals surface area (Å²) < 4.78 is 39.0. The van der Waals surface area contributed by atoms with Crippen molar-refractivity contribution in [3.63, 3.8) is 0 Å². The fraction of sp³-hybridized carbons (Fsp3) is 0.118. The van der Waals surface area contributed by atoms with Crippen LogP contribution in [0.3, 0.4) is 0 Å². The van der Waals surface area contributed by atoms with Crippen LogP contribution in [0.1, 0.15) is 16.2 Å². The van der Waals surface area contributed by atoms with Gasteiger partial charge in [0.15, 0.2) is 5.78 Å². The Labute approximate surface area is 149 Å². The van der Waals surface area contributed by atoms with Crippen LogP contribution in [0.5, 0.6) is 11.5 Å². The molecule has 0 bridgehead atoms. The Morgan fingerprint density at radius 2 is 1.81 bits per heavy atom. The number of ketones is 1. The van der Waals surface area contributed by atoms with Gasteiger partial charge in [-0.05, 0) is 18.2 Å². The van der Waals surface area contributed by atoms with Gasteiger partial charge in [0, 0.05) is 11.5 Å². The van der Waals surface area contributed by atoms with Gasteiger partial charge in [-0.1, -0.05) is 30.0 Å². The van der Waals surface area contributed by atoms with Crippen LogP contribution in [0.2, 0.25) is 0 Å². The number of Topliss-reactive ketones (excluding diaryl/α,β-unsaturated/α-hetero) is 1. The minimum absolute atomic E-state index is 0.0227. The molecule has 1 heterocycles. The second kappa shape index (κ2) is 6.83. The van der Waals surface area contributed by atoms with Crippen molar-refractivity contribution in [3.8, 4) is 11.5 Å². The molecule has 3 aromatic rings. The first-order chi connectivity index (χ1) is 12.3. The van der Waals surface area contributed by atoms with Crippen LogP contribution in [0.15, 0.2) is 47.5 Å². The van der Waals surface area contributed by atoms with Crippen molar-refractivity contribution in [1.29, 1.82) is 0 Å². The molecule has 0 atom stereocenters. The summed E-state index contributed by atoms with van der Waals surface area (Å²) in [6.45, 7) is 0. The van der Waals surface area contributed by atoms with Crippen molar-refractivity contribution in [2.24, 2.45) is 0 Å². The van der Waals surface area contributed by atoms with Crippen LogP contribution in [0.4, 0.5) is 13.2 Å². The van der Waals surface area contributed by atoms with Crippen molar-refractivity contribution in [1.82, 2.24) is 9.97 Å². The number of phenols is 2. The number of nitrogens with zero attached hydrogens (tertiary/aromatic N) is 2. The minimum Gasteiger partial charge on any atom is -0.508 e. The number of halogens is 3. The van der Waals surface area contributed by atoms with Crippen LogP contribution in [0, 0.1) is 0 Å². The van der Waals surface area contributed by atoms with Crippen molar-refractivity contribution in [3.05, 3.63) is 53.9 Å². The third kappa shape index (κ3) is 3.72. The van der Waals surface area contributed by atoms with Gasteiger partial charge in [-0.15, -0.1) is 0 Å². The predicted molar refractivity (Wildman–Crippen MR) is 89.4 cm³/mol. The Kier molecular flexibility index (Phi) is 4.73. The third-order valence-electron chi connectivity index (χ3n) is 3.44. The number of para-hydroxylation sites is 1. The van der Waals surface area contributed by atoms with E-state index in [4.69, 9.17) is 0 Å².